The summed E-state index contributed by atoms with van der Waals surface area (Å²) in [5.41, 5.74) is 0. The molecule has 0 saturated heterocycles. The molecule has 0 amide bonds. The Bertz CT molecular complexity index is 114. The number of hydrogen-bond acceptors (Lipinski definition) is 4. The van der Waals surface area contributed by atoms with Gasteiger partial charge in [-0.1, -0.05) is 6.92 Å². The van der Waals surface area contributed by atoms with Gasteiger partial charge in [0, 0.05) is 24.9 Å². The first kappa shape index (κ1) is 13.2. The second-order valence-corrected chi connectivity index (χ2v) is 4.29. The highest BCUT2D eigenvalue weighted by molar-refractivity contribution is 7.99. The van der Waals surface area contributed by atoms with E-state index in [0.717, 1.165) is 6.54 Å². The lowest BCUT2D eigenvalue weighted by molar-refractivity contribution is 0.0430. The number of thioether (sulfide) groups is 1. The van der Waals surface area contributed by atoms with Crippen LogP contribution in [0.1, 0.15) is 13.8 Å². The topological polar surface area (TPSA) is 41.5 Å². The van der Waals surface area contributed by atoms with Crippen LogP contribution in [0.3, 0.4) is 0 Å². The minimum Gasteiger partial charge on any atom is -0.389 e. The van der Waals surface area contributed by atoms with Crippen LogP contribution in [0.25, 0.3) is 0 Å². The first-order valence-corrected chi connectivity index (χ1v) is 5.98. The summed E-state index contributed by atoms with van der Waals surface area (Å²) in [6.45, 7) is 6.73. The molecule has 0 aromatic rings. The highest BCUT2D eigenvalue weighted by atomic mass is 32.2. The highest BCUT2D eigenvalue weighted by Gasteiger charge is 2.04. The van der Waals surface area contributed by atoms with E-state index >= 15 is 0 Å². The third kappa shape index (κ3) is 8.56. The summed E-state index contributed by atoms with van der Waals surface area (Å²) in [6, 6.07) is 0. The van der Waals surface area contributed by atoms with Gasteiger partial charge >= 0.3 is 0 Å². The van der Waals surface area contributed by atoms with Gasteiger partial charge in [0.2, 0.25) is 0 Å². The first-order valence-electron chi connectivity index (χ1n) is 4.70. The van der Waals surface area contributed by atoms with E-state index in [-0.39, 0.29) is 6.10 Å². The molecule has 0 aliphatic heterocycles. The van der Waals surface area contributed by atoms with Gasteiger partial charge in [-0.3, -0.25) is 0 Å². The van der Waals surface area contributed by atoms with Gasteiger partial charge in [0.1, 0.15) is 0 Å². The highest BCUT2D eigenvalue weighted by Crippen LogP contribution is 2.02. The fourth-order valence-electron chi connectivity index (χ4n) is 0.849. The van der Waals surface area contributed by atoms with Crippen molar-refractivity contribution in [2.24, 2.45) is 0 Å². The smallest absolute Gasteiger partial charge is 0.0897 e. The minimum absolute atomic E-state index is 0.381. The SMILES string of the molecule is CCOCC(O)CNCC(C)SC. The van der Waals surface area contributed by atoms with E-state index in [2.05, 4.69) is 18.5 Å². The Kier molecular flexibility index (Phi) is 8.97. The molecule has 0 radical (unpaired) electrons. The Hall–Kier alpha value is 0.230. The van der Waals surface area contributed by atoms with Crippen LogP contribution in [0, 0.1) is 0 Å². The van der Waals surface area contributed by atoms with Gasteiger partial charge in [-0.15, -0.1) is 0 Å². The minimum atomic E-state index is -0.381. The molecule has 0 saturated carbocycles. The van der Waals surface area contributed by atoms with Crippen LogP contribution in [0.15, 0.2) is 0 Å². The van der Waals surface area contributed by atoms with Crippen molar-refractivity contribution in [3.63, 3.8) is 0 Å². The second-order valence-electron chi connectivity index (χ2n) is 3.02. The number of aliphatic hydroxyl groups is 1. The van der Waals surface area contributed by atoms with Gasteiger partial charge in [0.15, 0.2) is 0 Å². The molecule has 0 heterocycles. The maximum Gasteiger partial charge on any atom is 0.0897 e. The van der Waals surface area contributed by atoms with E-state index in [4.69, 9.17) is 4.74 Å². The molecule has 3 nitrogen and oxygen atoms in total. The van der Waals surface area contributed by atoms with Gasteiger partial charge in [-0.05, 0) is 13.2 Å². The Labute approximate surface area is 85.2 Å². The number of rotatable bonds is 8. The zero-order valence-corrected chi connectivity index (χ0v) is 9.56. The molecule has 0 aliphatic rings. The molecule has 0 bridgehead atoms. The van der Waals surface area contributed by atoms with Gasteiger partial charge in [0.25, 0.3) is 0 Å². The maximum atomic E-state index is 9.37. The zero-order valence-electron chi connectivity index (χ0n) is 8.75. The van der Waals surface area contributed by atoms with Crippen molar-refractivity contribution < 1.29 is 9.84 Å². The van der Waals surface area contributed by atoms with Crippen LogP contribution < -0.4 is 5.32 Å². The molecular formula is C9H21NO2S. The maximum absolute atomic E-state index is 9.37. The number of ether oxygens (including phenoxy) is 1. The van der Waals surface area contributed by atoms with Crippen LogP contribution >= 0.6 is 11.8 Å². The molecule has 80 valence electrons. The molecule has 4 heteroatoms. The molecule has 0 aromatic carbocycles. The molecule has 0 aliphatic carbocycles. The average molecular weight is 207 g/mol. The molecular weight excluding hydrogens is 186 g/mol. The Morgan fingerprint density at radius 1 is 1.46 bits per heavy atom. The summed E-state index contributed by atoms with van der Waals surface area (Å²) in [5, 5.41) is 13.2. The normalized spacial score (nSPS) is 15.7. The third-order valence-electron chi connectivity index (χ3n) is 1.73. The number of nitrogens with one attached hydrogen (secondary N) is 1. The molecule has 0 spiro atoms. The van der Waals surface area contributed by atoms with Crippen molar-refractivity contribution in [1.82, 2.24) is 5.32 Å². The van der Waals surface area contributed by atoms with E-state index < -0.39 is 0 Å². The predicted molar refractivity (Wildman–Crippen MR) is 58.3 cm³/mol. The van der Waals surface area contributed by atoms with Crippen LogP contribution in [0.4, 0.5) is 0 Å². The molecule has 2 atom stereocenters. The van der Waals surface area contributed by atoms with Gasteiger partial charge in [-0.25, -0.2) is 0 Å². The van der Waals surface area contributed by atoms with Crippen molar-refractivity contribution in [3.05, 3.63) is 0 Å². The Balaban J connectivity index is 3.21. The monoisotopic (exact) mass is 207 g/mol. The van der Waals surface area contributed by atoms with Crippen molar-refractivity contribution in [2.75, 3.05) is 32.6 Å². The lowest BCUT2D eigenvalue weighted by atomic mass is 10.3. The van der Waals surface area contributed by atoms with Gasteiger partial charge in [0.05, 0.1) is 12.7 Å². The Morgan fingerprint density at radius 2 is 2.15 bits per heavy atom. The fourth-order valence-corrected chi connectivity index (χ4v) is 1.13. The summed E-state index contributed by atoms with van der Waals surface area (Å²) in [7, 11) is 0. The summed E-state index contributed by atoms with van der Waals surface area (Å²) < 4.78 is 5.08. The third-order valence-corrected chi connectivity index (χ3v) is 2.70. The van der Waals surface area contributed by atoms with Crippen molar-refractivity contribution in [1.29, 1.82) is 0 Å². The molecule has 0 aromatic heterocycles. The largest absolute Gasteiger partial charge is 0.389 e. The van der Waals surface area contributed by atoms with Crippen LogP contribution in [0.5, 0.6) is 0 Å². The molecule has 2 unspecified atom stereocenters. The van der Waals surface area contributed by atoms with Crippen LogP contribution in [-0.2, 0) is 4.74 Å². The van der Waals surface area contributed by atoms with E-state index in [1.165, 1.54) is 0 Å². The summed E-state index contributed by atoms with van der Waals surface area (Å²) in [4.78, 5) is 0. The molecule has 13 heavy (non-hydrogen) atoms. The van der Waals surface area contributed by atoms with Crippen molar-refractivity contribution in [3.8, 4) is 0 Å². The molecule has 2 N–H and O–H groups in total. The number of hydrogen-bond donors (Lipinski definition) is 2. The van der Waals surface area contributed by atoms with Crippen molar-refractivity contribution >= 4 is 11.8 Å². The zero-order chi connectivity index (χ0) is 10.1. The van der Waals surface area contributed by atoms with Crippen LogP contribution in [0.2, 0.25) is 0 Å². The molecule has 0 rings (SSSR count). The van der Waals surface area contributed by atoms with E-state index in [9.17, 15) is 5.11 Å². The van der Waals surface area contributed by atoms with Gasteiger partial charge in [-0.2, -0.15) is 11.8 Å². The first-order chi connectivity index (χ1) is 6.20. The standard InChI is InChI=1S/C9H21NO2S/c1-4-12-7-9(11)6-10-5-8(2)13-3/h8-11H,4-7H2,1-3H3. The molecule has 0 fully saturated rings. The average Bonchev–Trinajstić information content (AvgIpc) is 2.14. The fraction of sp³-hybridized carbons (Fsp3) is 1.00. The number of aliphatic hydroxyl groups excluding tert-OH is 1. The van der Waals surface area contributed by atoms with E-state index in [0.29, 0.717) is 25.0 Å². The predicted octanol–water partition coefficient (Wildman–Crippen LogP) is 0.725. The lowest BCUT2D eigenvalue weighted by Crippen LogP contribution is -2.33. The summed E-state index contributed by atoms with van der Waals surface area (Å²) in [6.07, 6.45) is 1.71. The second kappa shape index (κ2) is 8.81. The van der Waals surface area contributed by atoms with E-state index in [1.807, 2.05) is 18.7 Å². The quantitative estimate of drug-likeness (QED) is 0.615. The summed E-state index contributed by atoms with van der Waals surface area (Å²) in [5.74, 6) is 0. The lowest BCUT2D eigenvalue weighted by Gasteiger charge is -2.13. The van der Waals surface area contributed by atoms with Crippen molar-refractivity contribution in [2.45, 2.75) is 25.2 Å². The van der Waals surface area contributed by atoms with E-state index in [1.54, 1.807) is 0 Å². The van der Waals surface area contributed by atoms with Crippen LogP contribution in [-0.4, -0.2) is 49.0 Å². The van der Waals surface area contributed by atoms with Gasteiger partial charge < -0.3 is 15.2 Å². The summed E-state index contributed by atoms with van der Waals surface area (Å²) >= 11 is 1.82. The Morgan fingerprint density at radius 3 is 2.69 bits per heavy atom.